The molecule has 1 fully saturated rings. The SMILES string of the molecule is C=P(O)(O)C1CCC(C)C1. The molecule has 1 rings (SSSR count). The van der Waals surface area contributed by atoms with Crippen LogP contribution in [0.15, 0.2) is 0 Å². The molecule has 0 heterocycles. The van der Waals surface area contributed by atoms with E-state index in [-0.39, 0.29) is 5.66 Å². The Labute approximate surface area is 62.0 Å². The molecule has 2 N–H and O–H groups in total. The summed E-state index contributed by atoms with van der Waals surface area (Å²) < 4.78 is 0. The lowest BCUT2D eigenvalue weighted by Crippen LogP contribution is -2.02. The Kier molecular flexibility index (Phi) is 2.24. The van der Waals surface area contributed by atoms with Crippen molar-refractivity contribution in [3.63, 3.8) is 0 Å². The Hall–Kier alpha value is 0.220. The van der Waals surface area contributed by atoms with Crippen LogP contribution >= 0.6 is 7.34 Å². The topological polar surface area (TPSA) is 40.5 Å². The summed E-state index contributed by atoms with van der Waals surface area (Å²) in [6, 6.07) is 0. The molecule has 3 heteroatoms. The molecule has 1 aliphatic rings. The maximum Gasteiger partial charge on any atom is 0.114 e. The predicted octanol–water partition coefficient (Wildman–Crippen LogP) is 1.44. The molecular formula is C7H15O2P. The summed E-state index contributed by atoms with van der Waals surface area (Å²) in [7, 11) is -2.75. The minimum Gasteiger partial charge on any atom is -0.353 e. The molecule has 0 amide bonds. The van der Waals surface area contributed by atoms with E-state index in [0.717, 1.165) is 19.3 Å². The fourth-order valence-electron chi connectivity index (χ4n) is 1.55. The molecule has 0 aromatic rings. The molecule has 2 unspecified atom stereocenters. The summed E-state index contributed by atoms with van der Waals surface area (Å²) in [6.45, 7) is 2.15. The van der Waals surface area contributed by atoms with Crippen LogP contribution < -0.4 is 0 Å². The second-order valence-electron chi connectivity index (χ2n) is 3.36. The lowest BCUT2D eigenvalue weighted by atomic mass is 10.1. The van der Waals surface area contributed by atoms with Crippen LogP contribution in [0.4, 0.5) is 0 Å². The van der Waals surface area contributed by atoms with Gasteiger partial charge in [-0.3, -0.25) is 0 Å². The molecule has 0 saturated heterocycles. The fraction of sp³-hybridized carbons (Fsp3) is 0.857. The average molecular weight is 162 g/mol. The predicted molar refractivity (Wildman–Crippen MR) is 45.3 cm³/mol. The molecule has 1 aliphatic carbocycles. The molecule has 0 spiro atoms. The highest BCUT2D eigenvalue weighted by Gasteiger charge is 2.29. The first-order valence-corrected chi connectivity index (χ1v) is 5.63. The zero-order valence-electron chi connectivity index (χ0n) is 6.32. The van der Waals surface area contributed by atoms with Gasteiger partial charge in [0.2, 0.25) is 0 Å². The highest BCUT2D eigenvalue weighted by molar-refractivity contribution is 7.63. The van der Waals surface area contributed by atoms with Crippen LogP contribution in [-0.4, -0.2) is 21.7 Å². The van der Waals surface area contributed by atoms with Gasteiger partial charge in [-0.05, 0) is 25.2 Å². The molecule has 0 bridgehead atoms. The number of hydrogen-bond donors (Lipinski definition) is 2. The molecule has 0 aliphatic heterocycles. The zero-order valence-corrected chi connectivity index (χ0v) is 7.22. The molecule has 60 valence electrons. The Morgan fingerprint density at radius 3 is 2.20 bits per heavy atom. The van der Waals surface area contributed by atoms with Gasteiger partial charge in [0.1, 0.15) is 7.34 Å². The van der Waals surface area contributed by atoms with E-state index in [1.54, 1.807) is 0 Å². The van der Waals surface area contributed by atoms with Gasteiger partial charge in [-0.1, -0.05) is 13.2 Å². The third kappa shape index (κ3) is 1.85. The summed E-state index contributed by atoms with van der Waals surface area (Å²) in [4.78, 5) is 18.4. The van der Waals surface area contributed by atoms with E-state index in [2.05, 4.69) is 13.2 Å². The van der Waals surface area contributed by atoms with Gasteiger partial charge >= 0.3 is 0 Å². The Bertz CT molecular complexity index is 161. The van der Waals surface area contributed by atoms with Crippen molar-refractivity contribution in [3.8, 4) is 0 Å². The highest BCUT2D eigenvalue weighted by atomic mass is 31.2. The summed E-state index contributed by atoms with van der Waals surface area (Å²) in [6.07, 6.45) is 6.44. The Morgan fingerprint density at radius 1 is 1.40 bits per heavy atom. The molecule has 0 aromatic carbocycles. The van der Waals surface area contributed by atoms with E-state index < -0.39 is 7.34 Å². The molecule has 10 heavy (non-hydrogen) atoms. The molecule has 2 atom stereocenters. The monoisotopic (exact) mass is 162 g/mol. The van der Waals surface area contributed by atoms with E-state index >= 15 is 0 Å². The van der Waals surface area contributed by atoms with Crippen molar-refractivity contribution < 1.29 is 9.79 Å². The number of hydrogen-bond acceptors (Lipinski definition) is 2. The van der Waals surface area contributed by atoms with Gasteiger partial charge in [0.25, 0.3) is 0 Å². The fourth-order valence-corrected chi connectivity index (χ4v) is 2.81. The first kappa shape index (κ1) is 8.32. The first-order chi connectivity index (χ1) is 4.50. The van der Waals surface area contributed by atoms with Gasteiger partial charge in [0.15, 0.2) is 0 Å². The second kappa shape index (κ2) is 2.69. The number of rotatable bonds is 1. The van der Waals surface area contributed by atoms with Crippen LogP contribution in [-0.2, 0) is 0 Å². The largest absolute Gasteiger partial charge is 0.353 e. The summed E-state index contributed by atoms with van der Waals surface area (Å²) in [5.41, 5.74) is 0.0995. The van der Waals surface area contributed by atoms with Crippen LogP contribution in [0, 0.1) is 5.92 Å². The van der Waals surface area contributed by atoms with E-state index in [1.807, 2.05) is 0 Å². The summed E-state index contributed by atoms with van der Waals surface area (Å²) in [5.74, 6) is 0.658. The van der Waals surface area contributed by atoms with Crippen molar-refractivity contribution in [3.05, 3.63) is 0 Å². The van der Waals surface area contributed by atoms with Crippen molar-refractivity contribution in [1.29, 1.82) is 0 Å². The van der Waals surface area contributed by atoms with Gasteiger partial charge in [0, 0.05) is 5.66 Å². The average Bonchev–Trinajstić information content (AvgIpc) is 2.11. The van der Waals surface area contributed by atoms with Crippen molar-refractivity contribution >= 4 is 13.6 Å². The van der Waals surface area contributed by atoms with Gasteiger partial charge in [0.05, 0.1) is 0 Å². The maximum atomic E-state index is 9.19. The van der Waals surface area contributed by atoms with Gasteiger partial charge in [-0.15, -0.1) is 0 Å². The van der Waals surface area contributed by atoms with Crippen LogP contribution in [0.3, 0.4) is 0 Å². The van der Waals surface area contributed by atoms with E-state index in [4.69, 9.17) is 0 Å². The van der Waals surface area contributed by atoms with Crippen LogP contribution in [0.2, 0.25) is 0 Å². The van der Waals surface area contributed by atoms with Gasteiger partial charge in [-0.25, -0.2) is 0 Å². The van der Waals surface area contributed by atoms with Crippen molar-refractivity contribution in [2.24, 2.45) is 5.92 Å². The van der Waals surface area contributed by atoms with Crippen LogP contribution in [0.25, 0.3) is 0 Å². The van der Waals surface area contributed by atoms with Crippen LogP contribution in [0.5, 0.6) is 0 Å². The van der Waals surface area contributed by atoms with Crippen LogP contribution in [0.1, 0.15) is 26.2 Å². The van der Waals surface area contributed by atoms with Gasteiger partial charge in [-0.2, -0.15) is 0 Å². The van der Waals surface area contributed by atoms with Gasteiger partial charge < -0.3 is 9.79 Å². The minimum atomic E-state index is -2.75. The standard InChI is InChI=1S/C7H15O2P/c1-6-3-4-7(5-6)10(2,8)9/h6-9H,2-5H2,1H3. The molecule has 0 aromatic heterocycles. The Balaban J connectivity index is 2.53. The lowest BCUT2D eigenvalue weighted by molar-refractivity contribution is 0.456. The third-order valence-corrected chi connectivity index (χ3v) is 3.89. The highest BCUT2D eigenvalue weighted by Crippen LogP contribution is 2.50. The van der Waals surface area contributed by atoms with Crippen molar-refractivity contribution in [1.82, 2.24) is 0 Å². The molecule has 0 radical (unpaired) electrons. The summed E-state index contributed by atoms with van der Waals surface area (Å²) >= 11 is 0. The molecule has 1 saturated carbocycles. The van der Waals surface area contributed by atoms with E-state index in [0.29, 0.717) is 5.92 Å². The third-order valence-electron chi connectivity index (χ3n) is 2.25. The van der Waals surface area contributed by atoms with E-state index in [1.165, 1.54) is 0 Å². The lowest BCUT2D eigenvalue weighted by Gasteiger charge is -2.17. The second-order valence-corrected chi connectivity index (χ2v) is 5.66. The smallest absolute Gasteiger partial charge is 0.114 e. The zero-order chi connectivity index (χ0) is 7.78. The summed E-state index contributed by atoms with van der Waals surface area (Å²) in [5, 5.41) is 0. The maximum absolute atomic E-state index is 9.19. The Morgan fingerprint density at radius 2 is 2.00 bits per heavy atom. The molecule has 2 nitrogen and oxygen atoms in total. The first-order valence-electron chi connectivity index (χ1n) is 3.68. The minimum absolute atomic E-state index is 0.0995. The normalized spacial score (nSPS) is 34.7. The van der Waals surface area contributed by atoms with Crippen molar-refractivity contribution in [2.45, 2.75) is 31.8 Å². The van der Waals surface area contributed by atoms with E-state index in [9.17, 15) is 9.79 Å². The quantitative estimate of drug-likeness (QED) is 0.573. The van der Waals surface area contributed by atoms with Crippen molar-refractivity contribution in [2.75, 3.05) is 0 Å². The molecular weight excluding hydrogens is 147 g/mol.